The van der Waals surface area contributed by atoms with E-state index in [9.17, 15) is 9.90 Å². The standard InChI is InChI=1S/C21H25N3O3/c25-19(26)15-7-6-14(10-15)18-23-20(24-27-18)21(8-9-21)12-22-17-11-16(17)13-4-2-1-3-5-13/h1-5,14-17,22H,6-12H2,(H,25,26)/t14-,15+,16?,17-/m0/s1. The number of nitrogens with zero attached hydrogens (tertiary/aromatic N) is 2. The van der Waals surface area contributed by atoms with E-state index in [1.54, 1.807) is 0 Å². The first kappa shape index (κ1) is 16.9. The molecule has 3 aliphatic carbocycles. The van der Waals surface area contributed by atoms with E-state index < -0.39 is 5.97 Å². The van der Waals surface area contributed by atoms with Crippen molar-refractivity contribution in [3.05, 3.63) is 47.6 Å². The molecule has 0 spiro atoms. The second-order valence-electron chi connectivity index (χ2n) is 8.52. The molecule has 3 saturated carbocycles. The van der Waals surface area contributed by atoms with Crippen LogP contribution in [0.1, 0.15) is 67.6 Å². The molecule has 6 nitrogen and oxygen atoms in total. The summed E-state index contributed by atoms with van der Waals surface area (Å²) < 4.78 is 5.53. The van der Waals surface area contributed by atoms with E-state index in [-0.39, 0.29) is 17.3 Å². The molecule has 2 N–H and O–H groups in total. The molecular formula is C21H25N3O3. The lowest BCUT2D eigenvalue weighted by Gasteiger charge is -2.12. The number of hydrogen-bond acceptors (Lipinski definition) is 5. The van der Waals surface area contributed by atoms with Crippen molar-refractivity contribution in [1.82, 2.24) is 15.5 Å². The minimum absolute atomic E-state index is 0.0103. The molecule has 0 aliphatic heterocycles. The van der Waals surface area contributed by atoms with Crippen molar-refractivity contribution in [2.75, 3.05) is 6.54 Å². The Morgan fingerprint density at radius 3 is 2.74 bits per heavy atom. The zero-order valence-corrected chi connectivity index (χ0v) is 15.3. The van der Waals surface area contributed by atoms with Crippen LogP contribution in [-0.4, -0.2) is 33.8 Å². The van der Waals surface area contributed by atoms with E-state index in [0.29, 0.717) is 30.7 Å². The zero-order valence-electron chi connectivity index (χ0n) is 15.3. The van der Waals surface area contributed by atoms with Crippen molar-refractivity contribution < 1.29 is 14.4 Å². The molecule has 1 aromatic heterocycles. The Morgan fingerprint density at radius 2 is 2.04 bits per heavy atom. The van der Waals surface area contributed by atoms with Crippen molar-refractivity contribution in [3.63, 3.8) is 0 Å². The largest absolute Gasteiger partial charge is 0.481 e. The van der Waals surface area contributed by atoms with Crippen LogP contribution >= 0.6 is 0 Å². The molecular weight excluding hydrogens is 342 g/mol. The predicted molar refractivity (Wildman–Crippen MR) is 98.5 cm³/mol. The molecule has 6 heteroatoms. The van der Waals surface area contributed by atoms with Crippen LogP contribution in [0.15, 0.2) is 34.9 Å². The number of carboxylic acids is 1. The van der Waals surface area contributed by atoms with Crippen molar-refractivity contribution >= 4 is 5.97 Å². The van der Waals surface area contributed by atoms with Gasteiger partial charge in [-0.05, 0) is 44.1 Å². The highest BCUT2D eigenvalue weighted by atomic mass is 16.5. The first-order chi connectivity index (χ1) is 13.1. The van der Waals surface area contributed by atoms with Crippen LogP contribution in [0.4, 0.5) is 0 Å². The lowest BCUT2D eigenvalue weighted by Crippen LogP contribution is -2.30. The molecule has 2 aromatic rings. The number of carboxylic acid groups (broad SMARTS) is 1. The van der Waals surface area contributed by atoms with Gasteiger partial charge in [0.2, 0.25) is 5.89 Å². The molecule has 3 fully saturated rings. The first-order valence-electron chi connectivity index (χ1n) is 10.00. The normalized spacial score (nSPS) is 31.0. The van der Waals surface area contributed by atoms with Crippen molar-refractivity contribution in [3.8, 4) is 0 Å². The van der Waals surface area contributed by atoms with Gasteiger partial charge in [0.25, 0.3) is 0 Å². The van der Waals surface area contributed by atoms with E-state index in [2.05, 4.69) is 45.8 Å². The van der Waals surface area contributed by atoms with Gasteiger partial charge in [-0.25, -0.2) is 0 Å². The zero-order chi connectivity index (χ0) is 18.4. The predicted octanol–water partition coefficient (Wildman–Crippen LogP) is 3.22. The number of aliphatic carboxylic acids is 1. The topological polar surface area (TPSA) is 88.2 Å². The third-order valence-electron chi connectivity index (χ3n) is 6.62. The maximum atomic E-state index is 11.2. The molecule has 1 heterocycles. The summed E-state index contributed by atoms with van der Waals surface area (Å²) in [5, 5.41) is 17.2. The van der Waals surface area contributed by atoms with Gasteiger partial charge in [-0.1, -0.05) is 35.5 Å². The highest BCUT2D eigenvalue weighted by Gasteiger charge is 2.50. The molecule has 0 radical (unpaired) electrons. The summed E-state index contributed by atoms with van der Waals surface area (Å²) in [7, 11) is 0. The number of aromatic nitrogens is 2. The third-order valence-corrected chi connectivity index (χ3v) is 6.62. The lowest BCUT2D eigenvalue weighted by atomic mass is 10.0. The monoisotopic (exact) mass is 367 g/mol. The molecule has 142 valence electrons. The van der Waals surface area contributed by atoms with Gasteiger partial charge in [-0.15, -0.1) is 0 Å². The average Bonchev–Trinajstić information content (AvgIpc) is 3.52. The van der Waals surface area contributed by atoms with Gasteiger partial charge < -0.3 is 14.9 Å². The van der Waals surface area contributed by atoms with Gasteiger partial charge >= 0.3 is 5.97 Å². The molecule has 0 saturated heterocycles. The van der Waals surface area contributed by atoms with Crippen molar-refractivity contribution in [2.45, 2.75) is 61.8 Å². The van der Waals surface area contributed by atoms with Crippen LogP contribution < -0.4 is 5.32 Å². The maximum Gasteiger partial charge on any atom is 0.306 e. The van der Waals surface area contributed by atoms with Gasteiger partial charge in [0.05, 0.1) is 5.92 Å². The maximum absolute atomic E-state index is 11.2. The number of hydrogen-bond donors (Lipinski definition) is 2. The Balaban J connectivity index is 1.19. The van der Waals surface area contributed by atoms with Crippen LogP contribution in [-0.2, 0) is 10.2 Å². The quantitative estimate of drug-likeness (QED) is 0.781. The molecule has 1 unspecified atom stereocenters. The van der Waals surface area contributed by atoms with Crippen LogP contribution in [0.5, 0.6) is 0 Å². The molecule has 0 amide bonds. The summed E-state index contributed by atoms with van der Waals surface area (Å²) in [6, 6.07) is 11.2. The highest BCUT2D eigenvalue weighted by Crippen LogP contribution is 2.49. The molecule has 4 atom stereocenters. The molecule has 0 bridgehead atoms. The average molecular weight is 367 g/mol. The second kappa shape index (κ2) is 6.44. The Kier molecular flexibility index (Phi) is 4.04. The van der Waals surface area contributed by atoms with Gasteiger partial charge in [0, 0.05) is 29.8 Å². The minimum atomic E-state index is -0.711. The number of carbonyl (C=O) groups is 1. The SMILES string of the molecule is O=C(O)[C@@H]1CC[C@H](c2nc(C3(CN[C@H]4CC4c4ccccc4)CC3)no2)C1. The van der Waals surface area contributed by atoms with E-state index >= 15 is 0 Å². The van der Waals surface area contributed by atoms with Gasteiger partial charge in [-0.3, -0.25) is 4.79 Å². The fraction of sp³-hybridized carbons (Fsp3) is 0.571. The van der Waals surface area contributed by atoms with Gasteiger partial charge in [0.15, 0.2) is 5.82 Å². The van der Waals surface area contributed by atoms with E-state index in [4.69, 9.17) is 4.52 Å². The summed E-state index contributed by atoms with van der Waals surface area (Å²) >= 11 is 0. The number of nitrogens with one attached hydrogen (secondary N) is 1. The van der Waals surface area contributed by atoms with E-state index in [0.717, 1.165) is 31.6 Å². The third kappa shape index (κ3) is 3.27. The van der Waals surface area contributed by atoms with E-state index in [1.807, 2.05) is 0 Å². The van der Waals surface area contributed by atoms with Gasteiger partial charge in [0.1, 0.15) is 0 Å². The Bertz CT molecular complexity index is 830. The van der Waals surface area contributed by atoms with Crippen LogP contribution in [0, 0.1) is 5.92 Å². The van der Waals surface area contributed by atoms with Crippen molar-refractivity contribution in [1.29, 1.82) is 0 Å². The number of benzene rings is 1. The summed E-state index contributed by atoms with van der Waals surface area (Å²) in [6.07, 6.45) is 5.51. The summed E-state index contributed by atoms with van der Waals surface area (Å²) in [5.74, 6) is 1.18. The molecule has 27 heavy (non-hydrogen) atoms. The van der Waals surface area contributed by atoms with Crippen molar-refractivity contribution in [2.24, 2.45) is 5.92 Å². The Hall–Kier alpha value is -2.21. The molecule has 1 aromatic carbocycles. The molecule has 5 rings (SSSR count). The van der Waals surface area contributed by atoms with E-state index in [1.165, 1.54) is 12.0 Å². The van der Waals surface area contributed by atoms with Crippen LogP contribution in [0.3, 0.4) is 0 Å². The Labute approximate surface area is 158 Å². The highest BCUT2D eigenvalue weighted by molar-refractivity contribution is 5.70. The molecule has 3 aliphatic rings. The van der Waals surface area contributed by atoms with Gasteiger partial charge in [-0.2, -0.15) is 4.98 Å². The summed E-state index contributed by atoms with van der Waals surface area (Å²) in [5.41, 5.74) is 1.42. The second-order valence-corrected chi connectivity index (χ2v) is 8.52. The fourth-order valence-electron chi connectivity index (χ4n) is 4.49. The summed E-state index contributed by atoms with van der Waals surface area (Å²) in [4.78, 5) is 15.8. The first-order valence-corrected chi connectivity index (χ1v) is 10.00. The summed E-state index contributed by atoms with van der Waals surface area (Å²) in [6.45, 7) is 0.891. The van der Waals surface area contributed by atoms with Crippen LogP contribution in [0.25, 0.3) is 0 Å². The number of rotatable bonds is 7. The van der Waals surface area contributed by atoms with Crippen LogP contribution in [0.2, 0.25) is 0 Å². The Morgan fingerprint density at radius 1 is 1.22 bits per heavy atom. The lowest BCUT2D eigenvalue weighted by molar-refractivity contribution is -0.141. The fourth-order valence-corrected chi connectivity index (χ4v) is 4.49. The smallest absolute Gasteiger partial charge is 0.306 e. The minimum Gasteiger partial charge on any atom is -0.481 e.